The highest BCUT2D eigenvalue weighted by Crippen LogP contribution is 2.16. The maximum atomic E-state index is 12.3. The number of carboxylic acid groups (broad SMARTS) is 1. The van der Waals surface area contributed by atoms with Crippen LogP contribution in [-0.2, 0) is 37.1 Å². The average Bonchev–Trinajstić information content (AvgIpc) is 2.66. The van der Waals surface area contributed by atoms with E-state index in [9.17, 15) is 19.5 Å². The van der Waals surface area contributed by atoms with Crippen molar-refractivity contribution in [3.05, 3.63) is 71.8 Å². The first-order valence-corrected chi connectivity index (χ1v) is 8.28. The molecule has 0 aliphatic rings. The first kappa shape index (κ1) is 20.1. The molecular weight excluding hydrogens is 352 g/mol. The fraction of sp³-hybridized carbons (Fsp3) is 0.250. The summed E-state index contributed by atoms with van der Waals surface area (Å²) < 4.78 is 10.1. The highest BCUT2D eigenvalue weighted by atomic mass is 16.6. The van der Waals surface area contributed by atoms with Gasteiger partial charge in [-0.25, -0.2) is 0 Å². The number of carbonyl (C=O) groups excluding carboxylic acids is 2. The van der Waals surface area contributed by atoms with Gasteiger partial charge in [-0.3, -0.25) is 14.4 Å². The Morgan fingerprint density at radius 1 is 0.778 bits per heavy atom. The molecule has 0 bridgehead atoms. The number of esters is 2. The number of ether oxygens (including phenoxy) is 2. The van der Waals surface area contributed by atoms with Crippen LogP contribution in [0, 0.1) is 5.92 Å². The molecule has 0 saturated heterocycles. The molecular formula is C20H20O7. The van der Waals surface area contributed by atoms with Crippen molar-refractivity contribution in [1.82, 2.24) is 0 Å². The summed E-state index contributed by atoms with van der Waals surface area (Å²) in [6, 6.07) is 17.5. The van der Waals surface area contributed by atoms with Crippen LogP contribution in [-0.4, -0.2) is 34.2 Å². The molecule has 2 N–H and O–H groups in total. The SMILES string of the molecule is O=C(O)C[C@@H](O)C(C(=O)OCc1ccccc1)C(=O)OCc1ccccc1. The van der Waals surface area contributed by atoms with E-state index in [-0.39, 0.29) is 13.2 Å². The Morgan fingerprint density at radius 2 is 1.19 bits per heavy atom. The molecule has 0 fully saturated rings. The largest absolute Gasteiger partial charge is 0.481 e. The number of hydrogen-bond donors (Lipinski definition) is 2. The molecule has 0 aromatic heterocycles. The highest BCUT2D eigenvalue weighted by molar-refractivity contribution is 5.96. The molecule has 1 atom stereocenters. The van der Waals surface area contributed by atoms with Crippen LogP contribution in [0.5, 0.6) is 0 Å². The molecule has 0 heterocycles. The van der Waals surface area contributed by atoms with Gasteiger partial charge in [0.1, 0.15) is 13.2 Å². The second kappa shape index (κ2) is 10.1. The van der Waals surface area contributed by atoms with Crippen LogP contribution in [0.4, 0.5) is 0 Å². The smallest absolute Gasteiger partial charge is 0.323 e. The molecule has 0 unspecified atom stereocenters. The lowest BCUT2D eigenvalue weighted by molar-refractivity contribution is -0.170. The lowest BCUT2D eigenvalue weighted by Crippen LogP contribution is -2.38. The van der Waals surface area contributed by atoms with E-state index in [2.05, 4.69) is 0 Å². The topological polar surface area (TPSA) is 110 Å². The van der Waals surface area contributed by atoms with E-state index in [0.29, 0.717) is 11.1 Å². The van der Waals surface area contributed by atoms with Gasteiger partial charge in [0, 0.05) is 0 Å². The third-order valence-corrected chi connectivity index (χ3v) is 3.72. The van der Waals surface area contributed by atoms with Gasteiger partial charge in [0.2, 0.25) is 0 Å². The van der Waals surface area contributed by atoms with Gasteiger partial charge in [0.15, 0.2) is 5.92 Å². The predicted octanol–water partition coefficient (Wildman–Crippen LogP) is 1.92. The minimum atomic E-state index is -1.76. The maximum Gasteiger partial charge on any atom is 0.323 e. The zero-order valence-electron chi connectivity index (χ0n) is 14.5. The number of aliphatic carboxylic acids is 1. The molecule has 7 heteroatoms. The van der Waals surface area contributed by atoms with Gasteiger partial charge in [-0.1, -0.05) is 60.7 Å². The fourth-order valence-electron chi connectivity index (χ4n) is 2.34. The van der Waals surface area contributed by atoms with Crippen LogP contribution >= 0.6 is 0 Å². The average molecular weight is 372 g/mol. The third-order valence-electron chi connectivity index (χ3n) is 3.72. The Morgan fingerprint density at radius 3 is 1.56 bits per heavy atom. The predicted molar refractivity (Wildman–Crippen MR) is 94.2 cm³/mol. The Kier molecular flexibility index (Phi) is 7.51. The van der Waals surface area contributed by atoms with Crippen molar-refractivity contribution in [3.8, 4) is 0 Å². The second-order valence-electron chi connectivity index (χ2n) is 5.83. The van der Waals surface area contributed by atoms with Crippen molar-refractivity contribution in [2.45, 2.75) is 25.7 Å². The van der Waals surface area contributed by atoms with Crippen LogP contribution in [0.2, 0.25) is 0 Å². The molecule has 2 rings (SSSR count). The lowest BCUT2D eigenvalue weighted by Gasteiger charge is -2.19. The van der Waals surface area contributed by atoms with Crippen LogP contribution in [0.25, 0.3) is 0 Å². The van der Waals surface area contributed by atoms with Gasteiger partial charge in [-0.2, -0.15) is 0 Å². The van der Waals surface area contributed by atoms with Crippen molar-refractivity contribution >= 4 is 17.9 Å². The summed E-state index contributed by atoms with van der Waals surface area (Å²) >= 11 is 0. The molecule has 2 aromatic carbocycles. The first-order valence-electron chi connectivity index (χ1n) is 8.28. The highest BCUT2D eigenvalue weighted by Gasteiger charge is 2.38. The molecule has 0 aliphatic heterocycles. The van der Waals surface area contributed by atoms with E-state index < -0.39 is 36.4 Å². The normalized spacial score (nSPS) is 11.6. The number of aliphatic hydroxyl groups excluding tert-OH is 1. The van der Waals surface area contributed by atoms with Crippen molar-refractivity contribution in [1.29, 1.82) is 0 Å². The summed E-state index contributed by atoms with van der Waals surface area (Å²) in [5, 5.41) is 18.9. The minimum Gasteiger partial charge on any atom is -0.481 e. The molecule has 2 aromatic rings. The van der Waals surface area contributed by atoms with E-state index in [1.165, 1.54) is 0 Å². The van der Waals surface area contributed by atoms with Crippen molar-refractivity contribution in [2.75, 3.05) is 0 Å². The standard InChI is InChI=1S/C20H20O7/c21-16(11-17(22)23)18(19(24)26-12-14-7-3-1-4-8-14)20(25)27-13-15-9-5-2-6-10-15/h1-10,16,18,21H,11-13H2,(H,22,23)/t16-/m1/s1. The number of rotatable bonds is 9. The minimum absolute atomic E-state index is 0.109. The molecule has 0 aliphatic carbocycles. The van der Waals surface area contributed by atoms with Crippen LogP contribution < -0.4 is 0 Å². The summed E-state index contributed by atoms with van der Waals surface area (Å²) in [5.41, 5.74) is 1.38. The summed E-state index contributed by atoms with van der Waals surface area (Å²) in [7, 11) is 0. The van der Waals surface area contributed by atoms with Crippen molar-refractivity contribution < 1.29 is 34.1 Å². The molecule has 0 amide bonds. The molecule has 0 saturated carbocycles. The van der Waals surface area contributed by atoms with Crippen LogP contribution in [0.1, 0.15) is 17.5 Å². The van der Waals surface area contributed by atoms with Crippen LogP contribution in [0.15, 0.2) is 60.7 Å². The molecule has 27 heavy (non-hydrogen) atoms. The molecule has 142 valence electrons. The Balaban J connectivity index is 2.03. The maximum absolute atomic E-state index is 12.3. The van der Waals surface area contributed by atoms with E-state index in [4.69, 9.17) is 14.6 Å². The monoisotopic (exact) mass is 372 g/mol. The van der Waals surface area contributed by atoms with E-state index in [1.54, 1.807) is 60.7 Å². The van der Waals surface area contributed by atoms with Gasteiger partial charge >= 0.3 is 17.9 Å². The Bertz CT molecular complexity index is 703. The quantitative estimate of drug-likeness (QED) is 0.511. The van der Waals surface area contributed by atoms with E-state index >= 15 is 0 Å². The van der Waals surface area contributed by atoms with Gasteiger partial charge < -0.3 is 19.7 Å². The number of carboxylic acids is 1. The van der Waals surface area contributed by atoms with Gasteiger partial charge in [0.25, 0.3) is 0 Å². The van der Waals surface area contributed by atoms with E-state index in [0.717, 1.165) is 0 Å². The molecule has 0 spiro atoms. The first-order chi connectivity index (χ1) is 13.0. The number of aliphatic hydroxyl groups is 1. The van der Waals surface area contributed by atoms with E-state index in [1.807, 2.05) is 0 Å². The second-order valence-corrected chi connectivity index (χ2v) is 5.83. The van der Waals surface area contributed by atoms with Gasteiger partial charge in [0.05, 0.1) is 12.5 Å². The Hall–Kier alpha value is -3.19. The number of hydrogen-bond acceptors (Lipinski definition) is 6. The summed E-state index contributed by atoms with van der Waals surface area (Å²) in [6.07, 6.45) is -2.54. The summed E-state index contributed by atoms with van der Waals surface area (Å²) in [5.74, 6) is -5.16. The third kappa shape index (κ3) is 6.56. The zero-order valence-corrected chi connectivity index (χ0v) is 14.5. The Labute approximate surface area is 156 Å². The molecule has 7 nitrogen and oxygen atoms in total. The summed E-state index contributed by atoms with van der Waals surface area (Å²) in [6.45, 7) is -0.218. The molecule has 0 radical (unpaired) electrons. The van der Waals surface area contributed by atoms with Crippen LogP contribution in [0.3, 0.4) is 0 Å². The van der Waals surface area contributed by atoms with Crippen molar-refractivity contribution in [2.24, 2.45) is 5.92 Å². The fourth-order valence-corrected chi connectivity index (χ4v) is 2.34. The van der Waals surface area contributed by atoms with Gasteiger partial charge in [-0.05, 0) is 11.1 Å². The van der Waals surface area contributed by atoms with Gasteiger partial charge in [-0.15, -0.1) is 0 Å². The van der Waals surface area contributed by atoms with Crippen molar-refractivity contribution in [3.63, 3.8) is 0 Å². The number of benzene rings is 2. The number of carbonyl (C=O) groups is 3. The zero-order chi connectivity index (χ0) is 19.6. The summed E-state index contributed by atoms with van der Waals surface area (Å²) in [4.78, 5) is 35.5. The lowest BCUT2D eigenvalue weighted by atomic mass is 10.00.